The van der Waals surface area contributed by atoms with E-state index in [1.165, 1.54) is 45.3 Å². The molecular weight excluding hydrogens is 332 g/mol. The number of aliphatic imine (C=N–C) groups is 1. The van der Waals surface area contributed by atoms with Gasteiger partial charge in [0.1, 0.15) is 0 Å². The Morgan fingerprint density at radius 2 is 2.12 bits per heavy atom. The Morgan fingerprint density at radius 1 is 1.36 bits per heavy atom. The summed E-state index contributed by atoms with van der Waals surface area (Å²) in [5.74, 6) is 0.911. The maximum atomic E-state index is 4.73. The highest BCUT2D eigenvalue weighted by Crippen LogP contribution is 2.18. The van der Waals surface area contributed by atoms with Crippen LogP contribution in [0.4, 0.5) is 5.13 Å². The summed E-state index contributed by atoms with van der Waals surface area (Å²) < 4.78 is 0. The van der Waals surface area contributed by atoms with Gasteiger partial charge in [0.15, 0.2) is 11.1 Å². The first kappa shape index (κ1) is 20.0. The molecule has 1 saturated heterocycles. The minimum Gasteiger partial charge on any atom is -0.357 e. The van der Waals surface area contributed by atoms with Crippen LogP contribution in [0.25, 0.3) is 0 Å². The lowest BCUT2D eigenvalue weighted by Gasteiger charge is -2.33. The zero-order valence-electron chi connectivity index (χ0n) is 16.2. The molecule has 142 valence electrons. The molecule has 0 bridgehead atoms. The molecule has 0 amide bonds. The lowest BCUT2D eigenvalue weighted by Crippen LogP contribution is -2.48. The number of nitrogens with one attached hydrogen (secondary N) is 2. The van der Waals surface area contributed by atoms with Gasteiger partial charge >= 0.3 is 0 Å². The number of hydrogen-bond donors (Lipinski definition) is 2. The number of unbranched alkanes of at least 4 members (excludes halogenated alkanes) is 1. The van der Waals surface area contributed by atoms with Gasteiger partial charge in [-0.3, -0.25) is 0 Å². The van der Waals surface area contributed by atoms with Gasteiger partial charge in [0.05, 0.1) is 12.2 Å². The Kier molecular flexibility index (Phi) is 8.48. The van der Waals surface area contributed by atoms with E-state index in [1.54, 1.807) is 11.3 Å². The van der Waals surface area contributed by atoms with Gasteiger partial charge in [-0.25, -0.2) is 9.98 Å². The van der Waals surface area contributed by atoms with Crippen molar-refractivity contribution >= 4 is 22.4 Å². The zero-order chi connectivity index (χ0) is 18.1. The third-order valence-electron chi connectivity index (χ3n) is 4.42. The molecule has 0 aliphatic carbocycles. The highest BCUT2D eigenvalue weighted by molar-refractivity contribution is 7.13. The van der Waals surface area contributed by atoms with E-state index in [0.29, 0.717) is 12.6 Å². The molecule has 0 atom stereocenters. The van der Waals surface area contributed by atoms with Crippen molar-refractivity contribution in [3.63, 3.8) is 0 Å². The Morgan fingerprint density at radius 3 is 2.72 bits per heavy atom. The summed E-state index contributed by atoms with van der Waals surface area (Å²) in [6.45, 7) is 9.49. The summed E-state index contributed by atoms with van der Waals surface area (Å²) in [4.78, 5) is 14.0. The monoisotopic (exact) mass is 366 g/mol. The average Bonchev–Trinajstić information content (AvgIpc) is 3.08. The van der Waals surface area contributed by atoms with Crippen LogP contribution < -0.4 is 15.5 Å². The highest BCUT2D eigenvalue weighted by Gasteiger charge is 2.19. The number of likely N-dealkylation sites (tertiary alicyclic amines) is 1. The first-order valence-corrected chi connectivity index (χ1v) is 10.4. The van der Waals surface area contributed by atoms with Crippen molar-refractivity contribution in [2.75, 3.05) is 45.2 Å². The van der Waals surface area contributed by atoms with E-state index in [9.17, 15) is 0 Å². The van der Waals surface area contributed by atoms with Crippen LogP contribution in [-0.4, -0.2) is 62.2 Å². The zero-order valence-corrected chi connectivity index (χ0v) is 17.0. The second-order valence-corrected chi connectivity index (χ2v) is 7.66. The van der Waals surface area contributed by atoms with E-state index < -0.39 is 0 Å². The van der Waals surface area contributed by atoms with Crippen molar-refractivity contribution in [1.82, 2.24) is 20.5 Å². The third-order valence-corrected chi connectivity index (χ3v) is 5.48. The van der Waals surface area contributed by atoms with Crippen LogP contribution in [0.3, 0.4) is 0 Å². The Hall–Kier alpha value is -1.34. The van der Waals surface area contributed by atoms with Crippen molar-refractivity contribution in [2.24, 2.45) is 4.99 Å². The molecule has 0 unspecified atom stereocenters. The molecule has 25 heavy (non-hydrogen) atoms. The van der Waals surface area contributed by atoms with Gasteiger partial charge in [0, 0.05) is 45.2 Å². The highest BCUT2D eigenvalue weighted by atomic mass is 32.1. The summed E-state index contributed by atoms with van der Waals surface area (Å²) >= 11 is 1.66. The Balaban J connectivity index is 1.83. The van der Waals surface area contributed by atoms with Gasteiger partial charge in [-0.2, -0.15) is 0 Å². The van der Waals surface area contributed by atoms with Crippen LogP contribution in [-0.2, 0) is 6.54 Å². The summed E-state index contributed by atoms with van der Waals surface area (Å²) in [6, 6.07) is 0.517. The molecule has 7 heteroatoms. The Bertz CT molecular complexity index is 519. The van der Waals surface area contributed by atoms with Crippen LogP contribution >= 0.6 is 11.3 Å². The van der Waals surface area contributed by atoms with Gasteiger partial charge < -0.3 is 20.4 Å². The van der Waals surface area contributed by atoms with Crippen LogP contribution in [0.15, 0.2) is 10.4 Å². The van der Waals surface area contributed by atoms with Crippen LogP contribution in [0, 0.1) is 0 Å². The number of rotatable bonds is 8. The van der Waals surface area contributed by atoms with Gasteiger partial charge in [0.2, 0.25) is 0 Å². The predicted molar refractivity (Wildman–Crippen MR) is 109 cm³/mol. The van der Waals surface area contributed by atoms with E-state index in [2.05, 4.69) is 39.7 Å². The van der Waals surface area contributed by atoms with E-state index in [-0.39, 0.29) is 0 Å². The van der Waals surface area contributed by atoms with Crippen molar-refractivity contribution in [3.8, 4) is 0 Å². The van der Waals surface area contributed by atoms with Gasteiger partial charge in [-0.1, -0.05) is 13.3 Å². The van der Waals surface area contributed by atoms with Crippen molar-refractivity contribution in [1.29, 1.82) is 0 Å². The normalized spacial score (nSPS) is 16.9. The maximum absolute atomic E-state index is 4.73. The molecule has 1 aromatic heterocycles. The molecule has 6 nitrogen and oxygen atoms in total. The van der Waals surface area contributed by atoms with Gasteiger partial charge in [-0.05, 0) is 32.7 Å². The standard InChI is InChI=1S/C18H34N6S/c1-5-7-10-24-11-8-15(9-12-24)21-17(19-6-2)20-13-16-14-25-18(22-16)23(3)4/h14-15H,5-13H2,1-4H3,(H2,19,20,21). The lowest BCUT2D eigenvalue weighted by molar-refractivity contribution is 0.203. The number of piperidine rings is 1. The second-order valence-electron chi connectivity index (χ2n) is 6.82. The second kappa shape index (κ2) is 10.6. The van der Waals surface area contributed by atoms with Crippen molar-refractivity contribution < 1.29 is 0 Å². The first-order valence-electron chi connectivity index (χ1n) is 9.51. The van der Waals surface area contributed by atoms with Crippen LogP contribution in [0.2, 0.25) is 0 Å². The van der Waals surface area contributed by atoms with Crippen molar-refractivity contribution in [3.05, 3.63) is 11.1 Å². The lowest BCUT2D eigenvalue weighted by atomic mass is 10.0. The summed E-state index contributed by atoms with van der Waals surface area (Å²) in [5.41, 5.74) is 1.03. The summed E-state index contributed by atoms with van der Waals surface area (Å²) in [6.07, 6.45) is 4.97. The number of hydrogen-bond acceptors (Lipinski definition) is 5. The molecule has 0 aromatic carbocycles. The molecule has 1 aromatic rings. The molecule has 0 saturated carbocycles. The topological polar surface area (TPSA) is 55.8 Å². The number of nitrogens with zero attached hydrogens (tertiary/aromatic N) is 4. The fourth-order valence-electron chi connectivity index (χ4n) is 2.93. The number of thiazole rings is 1. The average molecular weight is 367 g/mol. The number of guanidine groups is 1. The molecule has 2 rings (SSSR count). The molecule has 0 radical (unpaired) electrons. The summed E-state index contributed by atoms with van der Waals surface area (Å²) in [7, 11) is 4.04. The fourth-order valence-corrected chi connectivity index (χ4v) is 3.68. The third kappa shape index (κ3) is 6.82. The minimum absolute atomic E-state index is 0.517. The van der Waals surface area contributed by atoms with Crippen LogP contribution in [0.5, 0.6) is 0 Å². The molecule has 0 spiro atoms. The first-order chi connectivity index (χ1) is 12.1. The SMILES string of the molecule is CCCCN1CCC(NC(=NCc2csc(N(C)C)n2)NCC)CC1. The van der Waals surface area contributed by atoms with Gasteiger partial charge in [0.25, 0.3) is 0 Å². The largest absolute Gasteiger partial charge is 0.357 e. The van der Waals surface area contributed by atoms with Crippen LogP contribution in [0.1, 0.15) is 45.2 Å². The molecule has 2 heterocycles. The van der Waals surface area contributed by atoms with E-state index in [4.69, 9.17) is 4.99 Å². The number of aromatic nitrogens is 1. The quantitative estimate of drug-likeness (QED) is 0.547. The Labute approximate surface area is 156 Å². The maximum Gasteiger partial charge on any atom is 0.191 e. The molecule has 1 aliphatic heterocycles. The summed E-state index contributed by atoms with van der Waals surface area (Å²) in [5, 5.41) is 10.1. The van der Waals surface area contributed by atoms with Gasteiger partial charge in [-0.15, -0.1) is 11.3 Å². The molecular formula is C18H34N6S. The molecule has 1 fully saturated rings. The fraction of sp³-hybridized carbons (Fsp3) is 0.778. The van der Waals surface area contributed by atoms with E-state index in [0.717, 1.165) is 23.3 Å². The predicted octanol–water partition coefficient (Wildman–Crippen LogP) is 2.53. The smallest absolute Gasteiger partial charge is 0.191 e. The minimum atomic E-state index is 0.517. The van der Waals surface area contributed by atoms with E-state index >= 15 is 0 Å². The molecule has 1 aliphatic rings. The number of anilines is 1. The van der Waals surface area contributed by atoms with Crippen molar-refractivity contribution in [2.45, 2.75) is 52.1 Å². The molecule has 2 N–H and O–H groups in total. The van der Waals surface area contributed by atoms with E-state index in [1.807, 2.05) is 19.0 Å².